The first-order valence-electron chi connectivity index (χ1n) is 10.8. The van der Waals surface area contributed by atoms with Crippen LogP contribution in [-0.2, 0) is 16.0 Å². The highest BCUT2D eigenvalue weighted by molar-refractivity contribution is 7.13. The van der Waals surface area contributed by atoms with E-state index < -0.39 is 23.4 Å². The number of hydrogen-bond acceptors (Lipinski definition) is 8. The molecule has 2 aromatic heterocycles. The molecule has 0 aliphatic carbocycles. The number of halogens is 1. The van der Waals surface area contributed by atoms with Crippen LogP contribution < -0.4 is 4.90 Å². The summed E-state index contributed by atoms with van der Waals surface area (Å²) in [5, 5.41) is 0. The number of aryl methyl sites for hydroxylation is 1. The Hall–Kier alpha value is -3.40. The molecule has 0 unspecified atom stereocenters. The highest BCUT2D eigenvalue weighted by Crippen LogP contribution is 2.31. The molecule has 1 aromatic carbocycles. The topological polar surface area (TPSA) is 103 Å². The summed E-state index contributed by atoms with van der Waals surface area (Å²) in [6, 6.07) is 5.77. The number of nitrogens with zero attached hydrogens (tertiary/aromatic N) is 3. The molecule has 10 heteroatoms. The lowest BCUT2D eigenvalue weighted by Gasteiger charge is -2.24. The van der Waals surface area contributed by atoms with Gasteiger partial charge in [0.1, 0.15) is 29.2 Å². The molecular formula is C24H26FN3O5S. The minimum atomic E-state index is -0.938. The molecule has 2 heterocycles. The van der Waals surface area contributed by atoms with Crippen LogP contribution in [0, 0.1) is 5.82 Å². The first-order chi connectivity index (χ1) is 16.0. The second-order valence-electron chi connectivity index (χ2n) is 8.67. The zero-order valence-corrected chi connectivity index (χ0v) is 20.3. The van der Waals surface area contributed by atoms with Crippen molar-refractivity contribution in [1.29, 1.82) is 0 Å². The molecule has 8 nitrogen and oxygen atoms in total. The van der Waals surface area contributed by atoms with Crippen molar-refractivity contribution in [3.05, 3.63) is 53.4 Å². The molecule has 0 saturated carbocycles. The van der Waals surface area contributed by atoms with E-state index in [1.807, 2.05) is 0 Å². The maximum Gasteiger partial charge on any atom is 0.423 e. The fraction of sp³-hybridized carbons (Fsp3) is 0.375. The minimum Gasteiger partial charge on any atom is -0.447 e. The first kappa shape index (κ1) is 25.2. The van der Waals surface area contributed by atoms with E-state index in [1.54, 1.807) is 26.8 Å². The molecule has 0 aliphatic heterocycles. The summed E-state index contributed by atoms with van der Waals surface area (Å²) in [4.78, 5) is 47.3. The number of carbonyl (C=O) groups is 3. The first-order valence-corrected chi connectivity index (χ1v) is 11.6. The number of ether oxygens (including phenoxy) is 1. The fourth-order valence-corrected chi connectivity index (χ4v) is 3.87. The summed E-state index contributed by atoms with van der Waals surface area (Å²) < 4.78 is 24.7. The number of imide groups is 1. The van der Waals surface area contributed by atoms with E-state index >= 15 is 0 Å². The predicted molar refractivity (Wildman–Crippen MR) is 125 cm³/mol. The van der Waals surface area contributed by atoms with Gasteiger partial charge in [-0.3, -0.25) is 4.79 Å². The van der Waals surface area contributed by atoms with Crippen molar-refractivity contribution in [2.24, 2.45) is 0 Å². The van der Waals surface area contributed by atoms with Crippen LogP contribution in [0.15, 0.2) is 40.5 Å². The van der Waals surface area contributed by atoms with Gasteiger partial charge in [0, 0.05) is 12.8 Å². The lowest BCUT2D eigenvalue weighted by atomic mass is 10.1. The standard InChI is InChI=1S/C24H26FN3O5S/c1-15(29)8-5-6-11-19-27-18(13-32-19)28(23(31)33-24(2,3)4)22(30)20-21(34-14-26-20)16-9-7-10-17(25)12-16/h7,9-10,12-14H,5-6,8,11H2,1-4H3. The monoisotopic (exact) mass is 487 g/mol. The Bertz CT molecular complexity index is 1180. The number of carbonyl (C=O) groups excluding carboxylic acids is 3. The molecule has 3 aromatic rings. The number of benzene rings is 1. The molecule has 180 valence electrons. The Morgan fingerprint density at radius 3 is 2.65 bits per heavy atom. The normalized spacial score (nSPS) is 11.3. The van der Waals surface area contributed by atoms with Crippen molar-refractivity contribution in [2.75, 3.05) is 4.90 Å². The molecule has 0 N–H and O–H groups in total. The van der Waals surface area contributed by atoms with Gasteiger partial charge in [-0.05, 0) is 58.2 Å². The molecule has 0 bridgehead atoms. The molecule has 0 aliphatic rings. The molecule has 3 rings (SSSR count). The number of ketones is 1. The Balaban J connectivity index is 1.91. The number of thiazole rings is 1. The minimum absolute atomic E-state index is 0.0348. The van der Waals surface area contributed by atoms with Gasteiger partial charge < -0.3 is 13.9 Å². The summed E-state index contributed by atoms with van der Waals surface area (Å²) in [7, 11) is 0. The van der Waals surface area contributed by atoms with Crippen LogP contribution in [0.25, 0.3) is 10.4 Å². The third-order valence-corrected chi connectivity index (χ3v) is 5.45. The molecule has 0 fully saturated rings. The van der Waals surface area contributed by atoms with Crippen molar-refractivity contribution >= 4 is 34.9 Å². The molecule has 0 atom stereocenters. The molecule has 0 radical (unpaired) electrons. The second kappa shape index (κ2) is 10.7. The SMILES string of the molecule is CC(=O)CCCCc1nc(N(C(=O)OC(C)(C)C)C(=O)c2ncsc2-c2cccc(F)c2)co1. The summed E-state index contributed by atoms with van der Waals surface area (Å²) in [5.74, 6) is -0.847. The van der Waals surface area contributed by atoms with Gasteiger partial charge in [0.15, 0.2) is 11.7 Å². The summed E-state index contributed by atoms with van der Waals surface area (Å²) in [5.41, 5.74) is 1.00. The van der Waals surface area contributed by atoms with Gasteiger partial charge in [-0.25, -0.2) is 14.2 Å². The maximum absolute atomic E-state index is 13.8. The van der Waals surface area contributed by atoms with E-state index in [0.717, 1.165) is 16.2 Å². The zero-order valence-electron chi connectivity index (χ0n) is 19.5. The smallest absolute Gasteiger partial charge is 0.423 e. The lowest BCUT2D eigenvalue weighted by Crippen LogP contribution is -2.41. The zero-order chi connectivity index (χ0) is 24.9. The van der Waals surface area contributed by atoms with E-state index in [-0.39, 0.29) is 17.3 Å². The van der Waals surface area contributed by atoms with Gasteiger partial charge in [0.2, 0.25) is 0 Å². The summed E-state index contributed by atoms with van der Waals surface area (Å²) >= 11 is 1.15. The van der Waals surface area contributed by atoms with Gasteiger partial charge in [0.05, 0.1) is 10.4 Å². The summed E-state index contributed by atoms with van der Waals surface area (Å²) in [6.45, 7) is 6.57. The van der Waals surface area contributed by atoms with E-state index in [9.17, 15) is 18.8 Å². The van der Waals surface area contributed by atoms with E-state index in [2.05, 4.69) is 9.97 Å². The van der Waals surface area contributed by atoms with Crippen LogP contribution in [0.1, 0.15) is 63.3 Å². The highest BCUT2D eigenvalue weighted by atomic mass is 32.1. The average molecular weight is 488 g/mol. The van der Waals surface area contributed by atoms with E-state index in [0.29, 0.717) is 42.0 Å². The largest absolute Gasteiger partial charge is 0.447 e. The molecule has 34 heavy (non-hydrogen) atoms. The number of rotatable bonds is 8. The van der Waals surface area contributed by atoms with Gasteiger partial charge in [0.25, 0.3) is 5.91 Å². The number of Topliss-reactive ketones (excluding diaryl/α,β-unsaturated/α-hetero) is 1. The number of anilines is 1. The van der Waals surface area contributed by atoms with Crippen molar-refractivity contribution in [3.63, 3.8) is 0 Å². The Morgan fingerprint density at radius 1 is 1.21 bits per heavy atom. The van der Waals surface area contributed by atoms with E-state index in [4.69, 9.17) is 9.15 Å². The van der Waals surface area contributed by atoms with Crippen molar-refractivity contribution in [3.8, 4) is 10.4 Å². The molecule has 0 spiro atoms. The summed E-state index contributed by atoms with van der Waals surface area (Å²) in [6.07, 6.45) is 2.51. The van der Waals surface area contributed by atoms with Crippen molar-refractivity contribution < 1.29 is 27.9 Å². The van der Waals surface area contributed by atoms with Crippen LogP contribution in [0.4, 0.5) is 15.0 Å². The fourth-order valence-electron chi connectivity index (χ4n) is 3.10. The Labute approximate surface area is 200 Å². The Morgan fingerprint density at radius 2 is 1.97 bits per heavy atom. The third-order valence-electron chi connectivity index (χ3n) is 4.57. The molecule has 2 amide bonds. The number of amides is 2. The maximum atomic E-state index is 13.8. The van der Waals surface area contributed by atoms with Gasteiger partial charge in [-0.1, -0.05) is 12.1 Å². The van der Waals surface area contributed by atoms with Crippen LogP contribution >= 0.6 is 11.3 Å². The number of oxazole rings is 1. The highest BCUT2D eigenvalue weighted by Gasteiger charge is 2.34. The number of aromatic nitrogens is 2. The van der Waals surface area contributed by atoms with Crippen LogP contribution in [-0.4, -0.2) is 33.4 Å². The third kappa shape index (κ3) is 6.57. The quantitative estimate of drug-likeness (QED) is 0.369. The van der Waals surface area contributed by atoms with Crippen molar-refractivity contribution in [2.45, 2.75) is 59.0 Å². The van der Waals surface area contributed by atoms with Crippen LogP contribution in [0.3, 0.4) is 0 Å². The van der Waals surface area contributed by atoms with Gasteiger partial charge in [-0.2, -0.15) is 9.88 Å². The van der Waals surface area contributed by atoms with Crippen LogP contribution in [0.5, 0.6) is 0 Å². The van der Waals surface area contributed by atoms with E-state index in [1.165, 1.54) is 36.9 Å². The lowest BCUT2D eigenvalue weighted by molar-refractivity contribution is -0.117. The number of unbranched alkanes of at least 4 members (excludes halogenated alkanes) is 1. The van der Waals surface area contributed by atoms with Gasteiger partial charge in [-0.15, -0.1) is 11.3 Å². The average Bonchev–Trinajstić information content (AvgIpc) is 3.40. The number of hydrogen-bond donors (Lipinski definition) is 0. The molecule has 0 saturated heterocycles. The van der Waals surface area contributed by atoms with Crippen LogP contribution in [0.2, 0.25) is 0 Å². The van der Waals surface area contributed by atoms with Crippen molar-refractivity contribution in [1.82, 2.24) is 9.97 Å². The molecular weight excluding hydrogens is 461 g/mol. The second-order valence-corrected chi connectivity index (χ2v) is 9.52. The Kier molecular flexibility index (Phi) is 7.93. The van der Waals surface area contributed by atoms with Gasteiger partial charge >= 0.3 is 6.09 Å². The predicted octanol–water partition coefficient (Wildman–Crippen LogP) is 5.82.